The van der Waals surface area contributed by atoms with E-state index in [0.717, 1.165) is 5.52 Å². The third-order valence-corrected chi connectivity index (χ3v) is 3.15. The molecule has 2 rings (SSSR count). The molecule has 0 saturated carbocycles. The second kappa shape index (κ2) is 3.29. The molecule has 14 heavy (non-hydrogen) atoms. The van der Waals surface area contributed by atoms with E-state index in [1.165, 1.54) is 6.20 Å². The Labute approximate surface area is 92.8 Å². The van der Waals surface area contributed by atoms with Gasteiger partial charge in [-0.2, -0.15) is 0 Å². The number of hydrogen-bond donors (Lipinski definition) is 2. The highest BCUT2D eigenvalue weighted by Gasteiger charge is 2.11. The molecular formula is C9H5BrClNO2. The van der Waals surface area contributed by atoms with Gasteiger partial charge in [0, 0.05) is 21.6 Å². The van der Waals surface area contributed by atoms with Crippen LogP contribution < -0.4 is 0 Å². The summed E-state index contributed by atoms with van der Waals surface area (Å²) in [6, 6.07) is 3.38. The molecule has 1 aromatic carbocycles. The van der Waals surface area contributed by atoms with Gasteiger partial charge in [0.05, 0.1) is 10.6 Å². The Bertz CT molecular complexity index is 521. The normalized spacial score (nSPS) is 10.7. The highest BCUT2D eigenvalue weighted by atomic mass is 79.9. The van der Waals surface area contributed by atoms with Crippen LogP contribution in [0.3, 0.4) is 0 Å². The zero-order valence-electron chi connectivity index (χ0n) is 6.84. The van der Waals surface area contributed by atoms with Gasteiger partial charge in [-0.3, -0.25) is 0 Å². The van der Waals surface area contributed by atoms with Crippen LogP contribution >= 0.6 is 27.5 Å². The quantitative estimate of drug-likeness (QED) is 0.838. The van der Waals surface area contributed by atoms with E-state index in [1.54, 1.807) is 12.1 Å². The molecule has 72 valence electrons. The molecule has 0 fully saturated rings. The molecule has 1 heterocycles. The van der Waals surface area contributed by atoms with Crippen molar-refractivity contribution < 1.29 is 9.90 Å². The molecule has 0 amide bonds. The van der Waals surface area contributed by atoms with E-state index in [4.69, 9.17) is 16.7 Å². The van der Waals surface area contributed by atoms with E-state index >= 15 is 0 Å². The molecule has 5 heteroatoms. The number of aromatic carboxylic acids is 1. The van der Waals surface area contributed by atoms with E-state index in [2.05, 4.69) is 20.9 Å². The number of fused-ring (bicyclic) bond motifs is 1. The standard InChI is InChI=1S/C9H5BrClNO2/c10-6-1-4-5(9(13)14)3-12-8(4)2-7(6)11/h1-3,12H,(H,13,14). The molecule has 0 atom stereocenters. The molecule has 2 aromatic rings. The van der Waals surface area contributed by atoms with Gasteiger partial charge >= 0.3 is 5.97 Å². The Morgan fingerprint density at radius 3 is 2.86 bits per heavy atom. The van der Waals surface area contributed by atoms with Gasteiger partial charge in [0.2, 0.25) is 0 Å². The van der Waals surface area contributed by atoms with Crippen molar-refractivity contribution in [1.29, 1.82) is 0 Å². The van der Waals surface area contributed by atoms with Crippen LogP contribution in [0.15, 0.2) is 22.8 Å². The maximum Gasteiger partial charge on any atom is 0.337 e. The van der Waals surface area contributed by atoms with Crippen molar-refractivity contribution in [3.8, 4) is 0 Å². The fourth-order valence-electron chi connectivity index (χ4n) is 1.29. The van der Waals surface area contributed by atoms with Crippen LogP contribution in [-0.2, 0) is 0 Å². The summed E-state index contributed by atoms with van der Waals surface area (Å²) < 4.78 is 0.689. The first-order chi connectivity index (χ1) is 6.59. The van der Waals surface area contributed by atoms with Crippen molar-refractivity contribution >= 4 is 44.4 Å². The molecule has 0 aliphatic carbocycles. The summed E-state index contributed by atoms with van der Waals surface area (Å²) in [6.07, 6.45) is 1.45. The number of nitrogens with one attached hydrogen (secondary N) is 1. The van der Waals surface area contributed by atoms with E-state index in [9.17, 15) is 4.79 Å². The van der Waals surface area contributed by atoms with Crippen LogP contribution in [0.4, 0.5) is 0 Å². The summed E-state index contributed by atoms with van der Waals surface area (Å²) in [5, 5.41) is 10.1. The number of aromatic nitrogens is 1. The van der Waals surface area contributed by atoms with E-state index in [-0.39, 0.29) is 5.56 Å². The molecule has 0 saturated heterocycles. The molecule has 0 spiro atoms. The topological polar surface area (TPSA) is 53.1 Å². The third-order valence-electron chi connectivity index (χ3n) is 1.95. The maximum atomic E-state index is 10.8. The largest absolute Gasteiger partial charge is 0.478 e. The first-order valence-corrected chi connectivity index (χ1v) is 4.96. The molecule has 0 bridgehead atoms. The van der Waals surface area contributed by atoms with Gasteiger partial charge in [0.15, 0.2) is 0 Å². The van der Waals surface area contributed by atoms with E-state index in [1.807, 2.05) is 0 Å². The summed E-state index contributed by atoms with van der Waals surface area (Å²) in [4.78, 5) is 13.7. The predicted molar refractivity (Wildman–Crippen MR) is 58.0 cm³/mol. The van der Waals surface area contributed by atoms with Gasteiger partial charge in [-0.25, -0.2) is 4.79 Å². The Balaban J connectivity index is 2.80. The van der Waals surface area contributed by atoms with Crippen molar-refractivity contribution in [2.24, 2.45) is 0 Å². The second-order valence-corrected chi connectivity index (χ2v) is 4.08. The van der Waals surface area contributed by atoms with Gasteiger partial charge in [-0.05, 0) is 28.1 Å². The Hall–Kier alpha value is -1.000. The average Bonchev–Trinajstić information content (AvgIpc) is 2.48. The number of aromatic amines is 1. The molecule has 3 nitrogen and oxygen atoms in total. The number of benzene rings is 1. The number of H-pyrrole nitrogens is 1. The highest BCUT2D eigenvalue weighted by molar-refractivity contribution is 9.10. The zero-order valence-corrected chi connectivity index (χ0v) is 9.19. The Kier molecular flexibility index (Phi) is 2.25. The number of hydrogen-bond acceptors (Lipinski definition) is 1. The fourth-order valence-corrected chi connectivity index (χ4v) is 1.80. The first-order valence-electron chi connectivity index (χ1n) is 3.79. The fraction of sp³-hybridized carbons (Fsp3) is 0. The minimum absolute atomic E-state index is 0.248. The monoisotopic (exact) mass is 273 g/mol. The van der Waals surface area contributed by atoms with Gasteiger partial charge in [-0.15, -0.1) is 0 Å². The van der Waals surface area contributed by atoms with E-state index in [0.29, 0.717) is 14.9 Å². The third kappa shape index (κ3) is 1.40. The average molecular weight is 275 g/mol. The number of carboxylic acid groups (broad SMARTS) is 1. The molecule has 0 radical (unpaired) electrons. The Morgan fingerprint density at radius 1 is 1.50 bits per heavy atom. The smallest absolute Gasteiger partial charge is 0.337 e. The van der Waals surface area contributed by atoms with Crippen molar-refractivity contribution in [1.82, 2.24) is 4.98 Å². The van der Waals surface area contributed by atoms with Crippen LogP contribution in [0.1, 0.15) is 10.4 Å². The lowest BCUT2D eigenvalue weighted by atomic mass is 10.2. The number of halogens is 2. The maximum absolute atomic E-state index is 10.8. The SMILES string of the molecule is O=C(O)c1c[nH]c2cc(Cl)c(Br)cc12. The van der Waals surface area contributed by atoms with Crippen molar-refractivity contribution in [2.45, 2.75) is 0 Å². The predicted octanol–water partition coefficient (Wildman–Crippen LogP) is 3.28. The van der Waals surface area contributed by atoms with E-state index < -0.39 is 5.97 Å². The van der Waals surface area contributed by atoms with Gasteiger partial charge in [0.1, 0.15) is 0 Å². The lowest BCUT2D eigenvalue weighted by molar-refractivity contribution is 0.0699. The van der Waals surface area contributed by atoms with Gasteiger partial charge in [0.25, 0.3) is 0 Å². The zero-order chi connectivity index (χ0) is 10.3. The van der Waals surface area contributed by atoms with Crippen LogP contribution in [0, 0.1) is 0 Å². The number of carbonyl (C=O) groups is 1. The van der Waals surface area contributed by atoms with Crippen molar-refractivity contribution in [2.75, 3.05) is 0 Å². The molecule has 0 aliphatic rings. The minimum Gasteiger partial charge on any atom is -0.478 e. The van der Waals surface area contributed by atoms with Crippen molar-refractivity contribution in [3.63, 3.8) is 0 Å². The molecule has 0 aliphatic heterocycles. The summed E-state index contributed by atoms with van der Waals surface area (Å²) in [6.45, 7) is 0. The molecule has 1 aromatic heterocycles. The lowest BCUT2D eigenvalue weighted by Gasteiger charge is -1.96. The van der Waals surface area contributed by atoms with Crippen LogP contribution in [0.25, 0.3) is 10.9 Å². The highest BCUT2D eigenvalue weighted by Crippen LogP contribution is 2.29. The van der Waals surface area contributed by atoms with Crippen LogP contribution in [0.2, 0.25) is 5.02 Å². The number of rotatable bonds is 1. The van der Waals surface area contributed by atoms with Crippen LogP contribution in [0.5, 0.6) is 0 Å². The molecular weight excluding hydrogens is 269 g/mol. The second-order valence-electron chi connectivity index (χ2n) is 2.82. The lowest BCUT2D eigenvalue weighted by Crippen LogP contribution is -1.93. The number of carboxylic acids is 1. The minimum atomic E-state index is -0.953. The van der Waals surface area contributed by atoms with Gasteiger partial charge in [-0.1, -0.05) is 11.6 Å². The van der Waals surface area contributed by atoms with Crippen molar-refractivity contribution in [3.05, 3.63) is 33.4 Å². The Morgan fingerprint density at radius 2 is 2.21 bits per heavy atom. The van der Waals surface area contributed by atoms with Crippen LogP contribution in [-0.4, -0.2) is 16.1 Å². The first kappa shape index (κ1) is 9.55. The molecule has 2 N–H and O–H groups in total. The summed E-state index contributed by atoms with van der Waals surface area (Å²) in [5.41, 5.74) is 0.966. The van der Waals surface area contributed by atoms with Gasteiger partial charge < -0.3 is 10.1 Å². The summed E-state index contributed by atoms with van der Waals surface area (Å²) in [7, 11) is 0. The summed E-state index contributed by atoms with van der Waals surface area (Å²) in [5.74, 6) is -0.953. The summed E-state index contributed by atoms with van der Waals surface area (Å²) >= 11 is 9.11. The molecule has 0 unspecified atom stereocenters.